The van der Waals surface area contributed by atoms with Gasteiger partial charge in [0.25, 0.3) is 0 Å². The van der Waals surface area contributed by atoms with Crippen LogP contribution in [-0.2, 0) is 4.79 Å². The van der Waals surface area contributed by atoms with Crippen LogP contribution in [0.15, 0.2) is 54.9 Å². The molecule has 3 aliphatic rings. The molecule has 1 saturated heterocycles. The van der Waals surface area contributed by atoms with Crippen LogP contribution in [0.5, 0.6) is 11.6 Å². The van der Waals surface area contributed by atoms with Gasteiger partial charge in [-0.3, -0.25) is 4.79 Å². The van der Waals surface area contributed by atoms with Crippen LogP contribution in [0.25, 0.3) is 22.0 Å². The number of carbonyl (C=O) groups excluding carboxylic acids is 1. The number of benzene rings is 2. The molecule has 3 N–H and O–H groups in total. The van der Waals surface area contributed by atoms with Crippen molar-refractivity contribution in [3.8, 4) is 22.9 Å². The molecule has 2 aromatic carbocycles. The summed E-state index contributed by atoms with van der Waals surface area (Å²) < 4.78 is 21.5. The zero-order valence-electron chi connectivity index (χ0n) is 23.2. The zero-order chi connectivity index (χ0) is 28.1. The molecule has 210 valence electrons. The normalized spacial score (nSPS) is 22.4. The number of piperidine rings is 1. The molecule has 0 radical (unpaired) electrons. The first-order valence-electron chi connectivity index (χ1n) is 14.4. The number of pyridine rings is 1. The van der Waals surface area contributed by atoms with E-state index in [0.29, 0.717) is 45.5 Å². The average molecular weight is 553 g/mol. The second kappa shape index (κ2) is 10.1. The van der Waals surface area contributed by atoms with Gasteiger partial charge in [0.05, 0.1) is 16.9 Å². The highest BCUT2D eigenvalue weighted by molar-refractivity contribution is 6.06. The van der Waals surface area contributed by atoms with Crippen molar-refractivity contribution in [1.82, 2.24) is 20.3 Å². The maximum Gasteiger partial charge on any atom is 0.228 e. The van der Waals surface area contributed by atoms with Crippen molar-refractivity contribution in [2.45, 2.75) is 45.6 Å². The van der Waals surface area contributed by atoms with Crippen LogP contribution in [-0.4, -0.2) is 40.0 Å². The van der Waals surface area contributed by atoms with Crippen molar-refractivity contribution < 1.29 is 13.9 Å². The summed E-state index contributed by atoms with van der Waals surface area (Å²) in [6.45, 7) is 6.05. The Labute approximate surface area is 238 Å². The highest BCUT2D eigenvalue weighted by Crippen LogP contribution is 2.70. The summed E-state index contributed by atoms with van der Waals surface area (Å²) in [6.07, 6.45) is 7.53. The largest absolute Gasteiger partial charge is 0.437 e. The summed E-state index contributed by atoms with van der Waals surface area (Å²) >= 11 is 0. The lowest BCUT2D eigenvalue weighted by Gasteiger charge is -2.28. The van der Waals surface area contributed by atoms with Crippen LogP contribution in [0, 0.1) is 30.0 Å². The van der Waals surface area contributed by atoms with Gasteiger partial charge in [-0.2, -0.15) is 0 Å². The van der Waals surface area contributed by atoms with Gasteiger partial charge in [0.15, 0.2) is 0 Å². The number of fused-ring (bicyclic) bond motifs is 1. The molecule has 0 unspecified atom stereocenters. The first-order valence-corrected chi connectivity index (χ1v) is 14.4. The summed E-state index contributed by atoms with van der Waals surface area (Å²) in [5.41, 5.74) is 2.63. The molecule has 9 heteroatoms. The number of aryl methyl sites for hydroxylation is 1. The molecule has 1 spiro atoms. The predicted molar refractivity (Wildman–Crippen MR) is 156 cm³/mol. The van der Waals surface area contributed by atoms with Crippen molar-refractivity contribution in [3.05, 3.63) is 66.2 Å². The third-order valence-electron chi connectivity index (χ3n) is 8.75. The second-order valence-corrected chi connectivity index (χ2v) is 11.9. The van der Waals surface area contributed by atoms with Crippen LogP contribution in [0.3, 0.4) is 0 Å². The quantitative estimate of drug-likeness (QED) is 0.255. The van der Waals surface area contributed by atoms with Crippen LogP contribution in [0.1, 0.15) is 38.2 Å². The average Bonchev–Trinajstić information content (AvgIpc) is 3.90. The number of halogens is 1. The van der Waals surface area contributed by atoms with E-state index < -0.39 is 5.82 Å². The lowest BCUT2D eigenvalue weighted by molar-refractivity contribution is -0.117. The molecule has 2 aliphatic carbocycles. The van der Waals surface area contributed by atoms with E-state index in [9.17, 15) is 4.79 Å². The number of hydrogen-bond acceptors (Lipinski definition) is 7. The molecule has 4 aromatic rings. The van der Waals surface area contributed by atoms with Crippen molar-refractivity contribution in [3.63, 3.8) is 0 Å². The molecule has 3 fully saturated rings. The molecule has 8 nitrogen and oxygen atoms in total. The van der Waals surface area contributed by atoms with E-state index in [-0.39, 0.29) is 29.0 Å². The van der Waals surface area contributed by atoms with Gasteiger partial charge in [-0.15, -0.1) is 0 Å². The summed E-state index contributed by atoms with van der Waals surface area (Å²) in [5, 5.41) is 11.1. The smallest absolute Gasteiger partial charge is 0.228 e. The van der Waals surface area contributed by atoms with E-state index in [1.807, 2.05) is 37.3 Å². The fraction of sp³-hybridized carbons (Fsp3) is 0.375. The molecular weight excluding hydrogens is 519 g/mol. The summed E-state index contributed by atoms with van der Waals surface area (Å²) in [5.74, 6) is 1.49. The third-order valence-corrected chi connectivity index (χ3v) is 8.75. The number of aromatic nitrogens is 3. The number of amides is 1. The number of nitrogens with zero attached hydrogens (tertiary/aromatic N) is 3. The van der Waals surface area contributed by atoms with Crippen LogP contribution in [0.4, 0.5) is 16.0 Å². The van der Waals surface area contributed by atoms with E-state index in [2.05, 4.69) is 32.8 Å². The van der Waals surface area contributed by atoms with Crippen LogP contribution < -0.4 is 20.7 Å². The molecule has 0 bridgehead atoms. The van der Waals surface area contributed by atoms with Crippen molar-refractivity contribution >= 4 is 28.3 Å². The Bertz CT molecular complexity index is 1660. The molecule has 1 amide bonds. The lowest BCUT2D eigenvalue weighted by atomic mass is 9.98. The maximum absolute atomic E-state index is 15.1. The Morgan fingerprint density at radius 2 is 1.93 bits per heavy atom. The van der Waals surface area contributed by atoms with E-state index in [0.717, 1.165) is 44.3 Å². The van der Waals surface area contributed by atoms with E-state index in [1.54, 1.807) is 18.5 Å². The minimum Gasteiger partial charge on any atom is -0.437 e. The van der Waals surface area contributed by atoms with Gasteiger partial charge >= 0.3 is 0 Å². The number of hydrogen-bond donors (Lipinski definition) is 3. The second-order valence-electron chi connectivity index (χ2n) is 11.9. The van der Waals surface area contributed by atoms with Crippen LogP contribution in [0.2, 0.25) is 0 Å². The number of anilines is 2. The summed E-state index contributed by atoms with van der Waals surface area (Å²) in [7, 11) is 0. The summed E-state index contributed by atoms with van der Waals surface area (Å²) in [4.78, 5) is 26.7. The van der Waals surface area contributed by atoms with E-state index in [4.69, 9.17) is 9.72 Å². The molecule has 41 heavy (non-hydrogen) atoms. The van der Waals surface area contributed by atoms with E-state index >= 15 is 4.39 Å². The fourth-order valence-corrected chi connectivity index (χ4v) is 6.16. The van der Waals surface area contributed by atoms with Crippen molar-refractivity contribution in [2.75, 3.05) is 23.7 Å². The fourth-order valence-electron chi connectivity index (χ4n) is 6.16. The molecular formula is C32H33FN6O2. The van der Waals surface area contributed by atoms with Gasteiger partial charge in [-0.05, 0) is 86.4 Å². The predicted octanol–water partition coefficient (Wildman–Crippen LogP) is 6.08. The minimum atomic E-state index is -0.465. The molecule has 2 aromatic heterocycles. The van der Waals surface area contributed by atoms with Crippen molar-refractivity contribution in [1.29, 1.82) is 0 Å². The topological polar surface area (TPSA) is 101 Å². The van der Waals surface area contributed by atoms with Gasteiger partial charge in [-0.1, -0.05) is 19.1 Å². The highest BCUT2D eigenvalue weighted by Gasteiger charge is 2.65. The Hall–Kier alpha value is -4.11. The first kappa shape index (κ1) is 25.8. The Morgan fingerprint density at radius 3 is 2.73 bits per heavy atom. The standard InChI is InChI=1S/C32H33FN6O2/c1-18-14-20(17-34-16-18)37-31-36-13-9-26(38-31)23-4-3-12-35-30(23)41-28-19(2)5-6-21-22(28)7-8-25(33)27(21)39-29(40)24-15-32(24)10-11-32/h3-9,12-13,18,20,24,34H,10-11,14-17H2,1-2H3,(H,39,40)(H,36,37,38)/t18-,20+,24-/m1/s1. The maximum atomic E-state index is 15.1. The molecule has 7 rings (SSSR count). The van der Waals surface area contributed by atoms with E-state index in [1.165, 1.54) is 6.07 Å². The number of carbonyl (C=O) groups is 1. The summed E-state index contributed by atoms with van der Waals surface area (Å²) in [6, 6.07) is 12.6. The molecule has 1 aliphatic heterocycles. The SMILES string of the molecule is Cc1ccc2c(NC(=O)[C@H]3CC34CC4)c(F)ccc2c1Oc1ncccc1-c1ccnc(N[C@@H]2CNC[C@H](C)C2)n1. The number of nitrogens with one attached hydrogen (secondary N) is 3. The minimum absolute atomic E-state index is 0.0144. The highest BCUT2D eigenvalue weighted by atomic mass is 19.1. The molecule has 3 atom stereocenters. The molecule has 3 heterocycles. The zero-order valence-corrected chi connectivity index (χ0v) is 23.2. The lowest BCUT2D eigenvalue weighted by Crippen LogP contribution is -2.42. The van der Waals surface area contributed by atoms with Gasteiger partial charge in [0.1, 0.15) is 11.6 Å². The van der Waals surface area contributed by atoms with Gasteiger partial charge < -0.3 is 20.7 Å². The number of rotatable bonds is 7. The molecule has 2 saturated carbocycles. The monoisotopic (exact) mass is 552 g/mol. The Morgan fingerprint density at radius 1 is 1.07 bits per heavy atom. The Balaban J connectivity index is 1.19. The van der Waals surface area contributed by atoms with Gasteiger partial charge in [-0.25, -0.2) is 19.3 Å². The van der Waals surface area contributed by atoms with Gasteiger partial charge in [0.2, 0.25) is 17.7 Å². The van der Waals surface area contributed by atoms with Crippen molar-refractivity contribution in [2.24, 2.45) is 17.3 Å². The van der Waals surface area contributed by atoms with Gasteiger partial charge in [0, 0.05) is 41.7 Å². The third kappa shape index (κ3) is 4.99. The number of ether oxygens (including phenoxy) is 1. The Kier molecular flexibility index (Phi) is 6.34. The van der Waals surface area contributed by atoms with Crippen LogP contribution >= 0.6 is 0 Å². The first-order chi connectivity index (χ1) is 19.9.